The quantitative estimate of drug-likeness (QED) is 0.873. The van der Waals surface area contributed by atoms with Gasteiger partial charge in [0.2, 0.25) is 0 Å². The molecule has 7 heteroatoms. The minimum atomic E-state index is -0.941. The fourth-order valence-corrected chi connectivity index (χ4v) is 1.45. The van der Waals surface area contributed by atoms with Crippen LogP contribution < -0.4 is 0 Å². The first kappa shape index (κ1) is 14.4. The number of rotatable bonds is 5. The largest absolute Gasteiger partial charge is 0.481 e. The van der Waals surface area contributed by atoms with Gasteiger partial charge in [0.25, 0.3) is 5.91 Å². The van der Waals surface area contributed by atoms with E-state index >= 15 is 0 Å². The second-order valence-electron chi connectivity index (χ2n) is 3.81. The van der Waals surface area contributed by atoms with Crippen LogP contribution in [0.4, 0.5) is 0 Å². The number of carboxylic acids is 1. The van der Waals surface area contributed by atoms with Gasteiger partial charge in [-0.1, -0.05) is 18.5 Å². The highest BCUT2D eigenvalue weighted by Crippen LogP contribution is 2.07. The molecule has 0 radical (unpaired) electrons. The molecule has 0 aliphatic heterocycles. The van der Waals surface area contributed by atoms with Crippen molar-refractivity contribution in [1.82, 2.24) is 14.9 Å². The molecule has 0 aliphatic carbocycles. The van der Waals surface area contributed by atoms with Crippen molar-refractivity contribution in [3.05, 3.63) is 23.2 Å². The normalized spacial score (nSPS) is 11.9. The Morgan fingerprint density at radius 2 is 2.11 bits per heavy atom. The molecule has 1 rings (SSSR count). The summed E-state index contributed by atoms with van der Waals surface area (Å²) < 4.78 is 0. The third kappa shape index (κ3) is 3.66. The maximum atomic E-state index is 12.0. The van der Waals surface area contributed by atoms with Gasteiger partial charge in [0.15, 0.2) is 0 Å². The van der Waals surface area contributed by atoms with Crippen molar-refractivity contribution in [3.63, 3.8) is 0 Å². The summed E-state index contributed by atoms with van der Waals surface area (Å²) in [5, 5.41) is 9.03. The maximum Gasteiger partial charge on any atom is 0.308 e. The minimum absolute atomic E-state index is 0.134. The van der Waals surface area contributed by atoms with Crippen molar-refractivity contribution in [2.75, 3.05) is 13.1 Å². The zero-order chi connectivity index (χ0) is 13.7. The van der Waals surface area contributed by atoms with Crippen molar-refractivity contribution in [1.29, 1.82) is 0 Å². The van der Waals surface area contributed by atoms with Gasteiger partial charge in [-0.15, -0.1) is 0 Å². The summed E-state index contributed by atoms with van der Waals surface area (Å²) in [5.74, 6) is -1.92. The van der Waals surface area contributed by atoms with E-state index in [-0.39, 0.29) is 23.3 Å². The van der Waals surface area contributed by atoms with E-state index in [1.807, 2.05) is 0 Å². The summed E-state index contributed by atoms with van der Waals surface area (Å²) in [6.07, 6.45) is 2.56. The minimum Gasteiger partial charge on any atom is -0.481 e. The lowest BCUT2D eigenvalue weighted by Gasteiger charge is -2.22. The number of aliphatic carboxylic acids is 1. The van der Waals surface area contributed by atoms with E-state index in [4.69, 9.17) is 16.7 Å². The lowest BCUT2D eigenvalue weighted by Crippen LogP contribution is -2.37. The Bertz CT molecular complexity index is 436. The number of amides is 1. The topological polar surface area (TPSA) is 83.4 Å². The average molecular weight is 272 g/mol. The van der Waals surface area contributed by atoms with E-state index in [1.165, 1.54) is 17.3 Å². The molecule has 1 unspecified atom stereocenters. The summed E-state index contributed by atoms with van der Waals surface area (Å²) in [7, 11) is 0. The first-order chi connectivity index (χ1) is 8.45. The van der Waals surface area contributed by atoms with Crippen LogP contribution in [0.25, 0.3) is 0 Å². The summed E-state index contributed by atoms with van der Waals surface area (Å²) >= 11 is 5.58. The van der Waals surface area contributed by atoms with E-state index in [2.05, 4.69) is 9.97 Å². The Morgan fingerprint density at radius 3 is 2.56 bits per heavy atom. The molecule has 1 atom stereocenters. The molecule has 98 valence electrons. The maximum absolute atomic E-state index is 12.0. The molecule has 6 nitrogen and oxygen atoms in total. The van der Waals surface area contributed by atoms with Gasteiger partial charge < -0.3 is 10.0 Å². The van der Waals surface area contributed by atoms with Crippen molar-refractivity contribution < 1.29 is 14.7 Å². The standard InChI is InChI=1S/C11H14ClN3O3/c1-3-15(6-7(2)11(17)18)10(16)8-4-14-9(12)5-13-8/h4-5,7H,3,6H2,1-2H3,(H,17,18). The second-order valence-corrected chi connectivity index (χ2v) is 4.19. The molecule has 0 saturated heterocycles. The average Bonchev–Trinajstić information content (AvgIpc) is 2.35. The van der Waals surface area contributed by atoms with Crippen molar-refractivity contribution in [3.8, 4) is 0 Å². The monoisotopic (exact) mass is 271 g/mol. The van der Waals surface area contributed by atoms with Gasteiger partial charge in [-0.3, -0.25) is 9.59 Å². The van der Waals surface area contributed by atoms with Crippen molar-refractivity contribution in [2.24, 2.45) is 5.92 Å². The van der Waals surface area contributed by atoms with Gasteiger partial charge in [-0.2, -0.15) is 0 Å². The molecule has 18 heavy (non-hydrogen) atoms. The Labute approximate surface area is 110 Å². The molecule has 1 aromatic heterocycles. The number of hydrogen-bond donors (Lipinski definition) is 1. The van der Waals surface area contributed by atoms with Crippen LogP contribution >= 0.6 is 11.6 Å². The molecule has 0 fully saturated rings. The molecule has 0 aliphatic rings. The lowest BCUT2D eigenvalue weighted by atomic mass is 10.1. The molecular weight excluding hydrogens is 258 g/mol. The Morgan fingerprint density at radius 1 is 1.44 bits per heavy atom. The highest BCUT2D eigenvalue weighted by Gasteiger charge is 2.21. The summed E-state index contributed by atoms with van der Waals surface area (Å²) in [4.78, 5) is 31.9. The van der Waals surface area contributed by atoms with Gasteiger partial charge in [0.1, 0.15) is 10.8 Å². The molecular formula is C11H14ClN3O3. The smallest absolute Gasteiger partial charge is 0.308 e. The van der Waals surface area contributed by atoms with Crippen molar-refractivity contribution in [2.45, 2.75) is 13.8 Å². The van der Waals surface area contributed by atoms with Crippen LogP contribution in [0, 0.1) is 5.92 Å². The summed E-state index contributed by atoms with van der Waals surface area (Å²) in [6.45, 7) is 3.86. The number of carbonyl (C=O) groups is 2. The van der Waals surface area contributed by atoms with Crippen LogP contribution in [0.5, 0.6) is 0 Å². The predicted octanol–water partition coefficient (Wildman–Crippen LogP) is 1.31. The summed E-state index contributed by atoms with van der Waals surface area (Å²) in [6, 6.07) is 0. The van der Waals surface area contributed by atoms with E-state index in [1.54, 1.807) is 13.8 Å². The number of hydrogen-bond acceptors (Lipinski definition) is 4. The van der Waals surface area contributed by atoms with Crippen LogP contribution in [0.15, 0.2) is 12.4 Å². The zero-order valence-corrected chi connectivity index (χ0v) is 10.9. The number of carboxylic acid groups (broad SMARTS) is 1. The van der Waals surface area contributed by atoms with E-state index in [0.29, 0.717) is 6.54 Å². The predicted molar refractivity (Wildman–Crippen MR) is 65.4 cm³/mol. The fourth-order valence-electron chi connectivity index (χ4n) is 1.35. The van der Waals surface area contributed by atoms with E-state index in [9.17, 15) is 9.59 Å². The second kappa shape index (κ2) is 6.30. The van der Waals surface area contributed by atoms with Gasteiger partial charge in [-0.05, 0) is 6.92 Å². The van der Waals surface area contributed by atoms with Gasteiger partial charge in [-0.25, -0.2) is 9.97 Å². The van der Waals surface area contributed by atoms with Crippen LogP contribution in [-0.2, 0) is 4.79 Å². The molecule has 0 bridgehead atoms. The summed E-state index contributed by atoms with van der Waals surface area (Å²) in [5.41, 5.74) is 0.152. The fraction of sp³-hybridized carbons (Fsp3) is 0.455. The van der Waals surface area contributed by atoms with Crippen LogP contribution in [0.3, 0.4) is 0 Å². The van der Waals surface area contributed by atoms with Crippen LogP contribution in [-0.4, -0.2) is 44.9 Å². The number of halogens is 1. The lowest BCUT2D eigenvalue weighted by molar-refractivity contribution is -0.141. The van der Waals surface area contributed by atoms with Gasteiger partial charge >= 0.3 is 5.97 Å². The highest BCUT2D eigenvalue weighted by molar-refractivity contribution is 6.29. The van der Waals surface area contributed by atoms with Crippen LogP contribution in [0.1, 0.15) is 24.3 Å². The molecule has 0 aromatic carbocycles. The molecule has 1 aromatic rings. The Kier molecular flexibility index (Phi) is 5.03. The molecule has 1 N–H and O–H groups in total. The first-order valence-electron chi connectivity index (χ1n) is 5.45. The third-order valence-electron chi connectivity index (χ3n) is 2.42. The number of carbonyl (C=O) groups excluding carboxylic acids is 1. The number of nitrogens with zero attached hydrogens (tertiary/aromatic N) is 3. The van der Waals surface area contributed by atoms with Gasteiger partial charge in [0.05, 0.1) is 18.3 Å². The molecule has 0 saturated carbocycles. The third-order valence-corrected chi connectivity index (χ3v) is 2.62. The Hall–Kier alpha value is -1.69. The Balaban J connectivity index is 2.79. The van der Waals surface area contributed by atoms with E-state index in [0.717, 1.165) is 0 Å². The highest BCUT2D eigenvalue weighted by atomic mass is 35.5. The van der Waals surface area contributed by atoms with Gasteiger partial charge in [0, 0.05) is 13.1 Å². The molecule has 1 heterocycles. The van der Waals surface area contributed by atoms with Crippen LogP contribution in [0.2, 0.25) is 5.15 Å². The first-order valence-corrected chi connectivity index (χ1v) is 5.83. The molecule has 1 amide bonds. The molecule has 0 spiro atoms. The zero-order valence-electron chi connectivity index (χ0n) is 10.1. The van der Waals surface area contributed by atoms with Crippen molar-refractivity contribution >= 4 is 23.5 Å². The SMILES string of the molecule is CCN(CC(C)C(=O)O)C(=O)c1cnc(Cl)cn1. The van der Waals surface area contributed by atoms with E-state index < -0.39 is 11.9 Å². The number of aromatic nitrogens is 2.